The van der Waals surface area contributed by atoms with E-state index in [1.54, 1.807) is 48.5 Å². The zero-order valence-corrected chi connectivity index (χ0v) is 20.0. The molecule has 6 heteroatoms. The molecule has 36 heavy (non-hydrogen) atoms. The number of benzene rings is 4. The SMILES string of the molecule is CC(NC(=O)c1ccccc1NC(=O)c1ccc(OCCOc2ccccc2)cc1)c1ccccc1. The molecule has 1 unspecified atom stereocenters. The van der Waals surface area contributed by atoms with Crippen LogP contribution in [0.25, 0.3) is 0 Å². The number of hydrogen-bond donors (Lipinski definition) is 2. The summed E-state index contributed by atoms with van der Waals surface area (Å²) in [7, 11) is 0. The molecular formula is C30H28N2O4. The summed E-state index contributed by atoms with van der Waals surface area (Å²) in [5.74, 6) is 0.850. The Kier molecular flexibility index (Phi) is 8.33. The fourth-order valence-electron chi connectivity index (χ4n) is 3.62. The minimum absolute atomic E-state index is 0.173. The van der Waals surface area contributed by atoms with Crippen LogP contribution in [0.5, 0.6) is 11.5 Å². The molecule has 0 aromatic heterocycles. The standard InChI is InChI=1S/C30H28N2O4/c1-22(23-10-4-2-5-11-23)31-30(34)27-14-8-9-15-28(27)32-29(33)24-16-18-26(19-17-24)36-21-20-35-25-12-6-3-7-13-25/h2-19,22H,20-21H2,1H3,(H,31,34)(H,32,33). The molecule has 0 aliphatic carbocycles. The fourth-order valence-corrected chi connectivity index (χ4v) is 3.62. The smallest absolute Gasteiger partial charge is 0.255 e. The lowest BCUT2D eigenvalue weighted by atomic mass is 10.1. The summed E-state index contributed by atoms with van der Waals surface area (Å²) >= 11 is 0. The van der Waals surface area contributed by atoms with Gasteiger partial charge >= 0.3 is 0 Å². The first-order chi connectivity index (χ1) is 17.6. The van der Waals surface area contributed by atoms with Gasteiger partial charge in [-0.3, -0.25) is 9.59 Å². The molecule has 2 N–H and O–H groups in total. The first kappa shape index (κ1) is 24.5. The summed E-state index contributed by atoms with van der Waals surface area (Å²) in [4.78, 5) is 25.8. The van der Waals surface area contributed by atoms with Gasteiger partial charge < -0.3 is 20.1 Å². The van der Waals surface area contributed by atoms with Crippen LogP contribution in [0.2, 0.25) is 0 Å². The van der Waals surface area contributed by atoms with Crippen LogP contribution >= 0.6 is 0 Å². The van der Waals surface area contributed by atoms with Gasteiger partial charge in [0.1, 0.15) is 24.7 Å². The number of nitrogens with one attached hydrogen (secondary N) is 2. The van der Waals surface area contributed by atoms with E-state index in [2.05, 4.69) is 10.6 Å². The van der Waals surface area contributed by atoms with Crippen LogP contribution in [0.1, 0.15) is 39.2 Å². The topological polar surface area (TPSA) is 76.7 Å². The van der Waals surface area contributed by atoms with Crippen molar-refractivity contribution in [2.24, 2.45) is 0 Å². The largest absolute Gasteiger partial charge is 0.490 e. The summed E-state index contributed by atoms with van der Waals surface area (Å²) in [5, 5.41) is 5.84. The van der Waals surface area contributed by atoms with Gasteiger partial charge in [-0.2, -0.15) is 0 Å². The average Bonchev–Trinajstić information content (AvgIpc) is 2.92. The van der Waals surface area contributed by atoms with Crippen molar-refractivity contribution in [3.8, 4) is 11.5 Å². The Morgan fingerprint density at radius 3 is 1.89 bits per heavy atom. The van der Waals surface area contributed by atoms with Gasteiger partial charge in [-0.05, 0) is 61.0 Å². The molecule has 0 saturated carbocycles. The summed E-state index contributed by atoms with van der Waals surface area (Å²) in [6, 6.07) is 32.9. The van der Waals surface area contributed by atoms with Gasteiger partial charge in [-0.25, -0.2) is 0 Å². The van der Waals surface area contributed by atoms with Crippen LogP contribution in [0, 0.1) is 0 Å². The number of carbonyl (C=O) groups is 2. The van der Waals surface area contributed by atoms with Gasteiger partial charge in [0.25, 0.3) is 11.8 Å². The van der Waals surface area contributed by atoms with Crippen molar-refractivity contribution in [1.29, 1.82) is 0 Å². The molecule has 0 spiro atoms. The van der Waals surface area contributed by atoms with Crippen molar-refractivity contribution in [2.75, 3.05) is 18.5 Å². The maximum atomic E-state index is 12.9. The first-order valence-electron chi connectivity index (χ1n) is 11.8. The molecule has 6 nitrogen and oxygen atoms in total. The third kappa shape index (κ3) is 6.73. The maximum absolute atomic E-state index is 12.9. The Morgan fingerprint density at radius 1 is 0.667 bits per heavy atom. The van der Waals surface area contributed by atoms with Gasteiger partial charge in [-0.1, -0.05) is 60.7 Å². The molecule has 0 aliphatic rings. The van der Waals surface area contributed by atoms with Crippen LogP contribution in [-0.4, -0.2) is 25.0 Å². The van der Waals surface area contributed by atoms with Crippen LogP contribution in [-0.2, 0) is 0 Å². The predicted molar refractivity (Wildman–Crippen MR) is 141 cm³/mol. The summed E-state index contributed by atoms with van der Waals surface area (Å²) in [5.41, 5.74) is 2.29. The van der Waals surface area contributed by atoms with Crippen molar-refractivity contribution in [2.45, 2.75) is 13.0 Å². The monoisotopic (exact) mass is 480 g/mol. The molecule has 4 rings (SSSR count). The maximum Gasteiger partial charge on any atom is 0.255 e. The Hall–Kier alpha value is -4.58. The van der Waals surface area contributed by atoms with Crippen molar-refractivity contribution >= 4 is 17.5 Å². The van der Waals surface area contributed by atoms with E-state index in [4.69, 9.17) is 9.47 Å². The van der Waals surface area contributed by atoms with Gasteiger partial charge in [0, 0.05) is 5.56 Å². The number of hydrogen-bond acceptors (Lipinski definition) is 4. The lowest BCUT2D eigenvalue weighted by Gasteiger charge is -2.16. The number of ether oxygens (including phenoxy) is 2. The molecule has 0 saturated heterocycles. The van der Waals surface area contributed by atoms with Gasteiger partial charge in [0.05, 0.1) is 17.3 Å². The highest BCUT2D eigenvalue weighted by Crippen LogP contribution is 2.20. The molecule has 182 valence electrons. The highest BCUT2D eigenvalue weighted by Gasteiger charge is 2.16. The number of para-hydroxylation sites is 2. The Balaban J connectivity index is 1.32. The third-order valence-corrected chi connectivity index (χ3v) is 5.55. The van der Waals surface area contributed by atoms with Crippen molar-refractivity contribution < 1.29 is 19.1 Å². The van der Waals surface area contributed by atoms with Crippen molar-refractivity contribution in [3.05, 3.63) is 126 Å². The minimum Gasteiger partial charge on any atom is -0.490 e. The second-order valence-electron chi connectivity index (χ2n) is 8.14. The lowest BCUT2D eigenvalue weighted by Crippen LogP contribution is -2.28. The van der Waals surface area contributed by atoms with Crippen molar-refractivity contribution in [1.82, 2.24) is 5.32 Å². The van der Waals surface area contributed by atoms with Crippen LogP contribution in [0.4, 0.5) is 5.69 Å². The quantitative estimate of drug-likeness (QED) is 0.278. The number of rotatable bonds is 10. The molecule has 0 heterocycles. The molecular weight excluding hydrogens is 452 g/mol. The normalized spacial score (nSPS) is 11.2. The van der Waals surface area contributed by atoms with Crippen LogP contribution < -0.4 is 20.1 Å². The predicted octanol–water partition coefficient (Wildman–Crippen LogP) is 5.89. The molecule has 4 aromatic rings. The summed E-state index contributed by atoms with van der Waals surface area (Å²) < 4.78 is 11.3. The molecule has 4 aromatic carbocycles. The minimum atomic E-state index is -0.315. The molecule has 0 aliphatic heterocycles. The molecule has 0 bridgehead atoms. The zero-order valence-electron chi connectivity index (χ0n) is 20.0. The van der Waals surface area contributed by atoms with E-state index in [0.717, 1.165) is 11.3 Å². The lowest BCUT2D eigenvalue weighted by molar-refractivity contribution is 0.0940. The molecule has 0 fully saturated rings. The highest BCUT2D eigenvalue weighted by molar-refractivity contribution is 6.09. The second kappa shape index (κ2) is 12.2. The average molecular weight is 481 g/mol. The Morgan fingerprint density at radius 2 is 1.22 bits per heavy atom. The van der Waals surface area contributed by atoms with Gasteiger partial charge in [0.2, 0.25) is 0 Å². The van der Waals surface area contributed by atoms with Crippen LogP contribution in [0.15, 0.2) is 109 Å². The Bertz CT molecular complexity index is 1280. The summed E-state index contributed by atoms with van der Waals surface area (Å²) in [6.45, 7) is 2.71. The van der Waals surface area contributed by atoms with Gasteiger partial charge in [-0.15, -0.1) is 0 Å². The highest BCUT2D eigenvalue weighted by atomic mass is 16.5. The fraction of sp³-hybridized carbons (Fsp3) is 0.133. The zero-order chi connectivity index (χ0) is 25.2. The van der Waals surface area contributed by atoms with E-state index < -0.39 is 0 Å². The second-order valence-corrected chi connectivity index (χ2v) is 8.14. The first-order valence-corrected chi connectivity index (χ1v) is 11.8. The third-order valence-electron chi connectivity index (χ3n) is 5.55. The molecule has 0 radical (unpaired) electrons. The van der Waals surface area contributed by atoms with E-state index >= 15 is 0 Å². The van der Waals surface area contributed by atoms with E-state index in [0.29, 0.717) is 35.8 Å². The number of carbonyl (C=O) groups excluding carboxylic acids is 2. The Labute approximate surface area is 210 Å². The van der Waals surface area contributed by atoms with E-state index in [9.17, 15) is 9.59 Å². The van der Waals surface area contributed by atoms with E-state index in [-0.39, 0.29) is 17.9 Å². The molecule has 2 amide bonds. The van der Waals surface area contributed by atoms with Gasteiger partial charge in [0.15, 0.2) is 0 Å². The molecule has 1 atom stereocenters. The number of anilines is 1. The van der Waals surface area contributed by atoms with Crippen LogP contribution in [0.3, 0.4) is 0 Å². The number of amides is 2. The van der Waals surface area contributed by atoms with E-state index in [1.807, 2.05) is 67.6 Å². The summed E-state index contributed by atoms with van der Waals surface area (Å²) in [6.07, 6.45) is 0. The van der Waals surface area contributed by atoms with Crippen molar-refractivity contribution in [3.63, 3.8) is 0 Å². The van der Waals surface area contributed by atoms with E-state index in [1.165, 1.54) is 0 Å².